The van der Waals surface area contributed by atoms with Gasteiger partial charge in [0.25, 0.3) is 0 Å². The summed E-state index contributed by atoms with van der Waals surface area (Å²) < 4.78 is 26.5. The summed E-state index contributed by atoms with van der Waals surface area (Å²) in [4.78, 5) is 0.335. The van der Waals surface area contributed by atoms with Gasteiger partial charge >= 0.3 is 0 Å². The quantitative estimate of drug-likeness (QED) is 0.692. The molecule has 0 spiro atoms. The second-order valence-electron chi connectivity index (χ2n) is 6.93. The molecule has 0 bridgehead atoms. The lowest BCUT2D eigenvalue weighted by Crippen LogP contribution is -2.45. The molecule has 1 saturated carbocycles. The van der Waals surface area contributed by atoms with Crippen LogP contribution in [-0.4, -0.2) is 37.0 Å². The maximum atomic E-state index is 12.5. The van der Waals surface area contributed by atoms with E-state index in [1.165, 1.54) is 30.0 Å². The van der Waals surface area contributed by atoms with E-state index < -0.39 is 10.0 Å². The number of benzene rings is 1. The average Bonchev–Trinajstić information content (AvgIpc) is 2.63. The Morgan fingerprint density at radius 2 is 1.77 bits per heavy atom. The smallest absolute Gasteiger partial charge is 0.243 e. The molecule has 7 heteroatoms. The van der Waals surface area contributed by atoms with Crippen LogP contribution in [0.5, 0.6) is 0 Å². The molecule has 0 aromatic heterocycles. The van der Waals surface area contributed by atoms with Crippen molar-refractivity contribution in [2.24, 2.45) is 5.92 Å². The van der Waals surface area contributed by atoms with Gasteiger partial charge in [0.1, 0.15) is 0 Å². The van der Waals surface area contributed by atoms with Crippen molar-refractivity contribution in [1.29, 1.82) is 0 Å². The van der Waals surface area contributed by atoms with E-state index in [1.54, 1.807) is 12.1 Å². The zero-order valence-electron chi connectivity index (χ0n) is 16.0. The van der Waals surface area contributed by atoms with Crippen molar-refractivity contribution in [1.82, 2.24) is 14.9 Å². The highest BCUT2D eigenvalue weighted by molar-refractivity contribution is 7.89. The molecule has 1 aliphatic rings. The summed E-state index contributed by atoms with van der Waals surface area (Å²) in [6.07, 6.45) is 4.99. The third-order valence-electron chi connectivity index (χ3n) is 5.15. The number of rotatable bonds is 7. The summed E-state index contributed by atoms with van der Waals surface area (Å²) in [6, 6.07) is 7.48. The summed E-state index contributed by atoms with van der Waals surface area (Å²) in [5, 5.41) is 7.32. The Hall–Kier alpha value is -1.18. The highest BCUT2D eigenvalue weighted by Gasteiger charge is 2.22. The van der Waals surface area contributed by atoms with Crippen molar-refractivity contribution in [3.05, 3.63) is 29.8 Å². The van der Waals surface area contributed by atoms with Crippen molar-refractivity contribution in [2.75, 3.05) is 13.1 Å². The number of hydrogen-bond acceptors (Lipinski definition) is 3. The van der Waals surface area contributed by atoms with Gasteiger partial charge in [0.2, 0.25) is 10.0 Å². The van der Waals surface area contributed by atoms with Gasteiger partial charge in [-0.15, -0.1) is 0 Å². The van der Waals surface area contributed by atoms with Gasteiger partial charge in [0.15, 0.2) is 5.11 Å². The highest BCUT2D eigenvalue weighted by atomic mass is 32.2. The topological polar surface area (TPSA) is 61.4 Å². The van der Waals surface area contributed by atoms with Crippen LogP contribution >= 0.6 is 12.2 Å². The largest absolute Gasteiger partial charge is 0.360 e. The maximum Gasteiger partial charge on any atom is 0.243 e. The molecular formula is C19H31N3O2S2. The molecule has 0 saturated heterocycles. The van der Waals surface area contributed by atoms with Crippen molar-refractivity contribution in [3.63, 3.8) is 0 Å². The van der Waals surface area contributed by atoms with Crippen LogP contribution in [0.3, 0.4) is 0 Å². The van der Waals surface area contributed by atoms with E-state index in [4.69, 9.17) is 12.2 Å². The summed E-state index contributed by atoms with van der Waals surface area (Å²) in [5.74, 6) is 0.646. The van der Waals surface area contributed by atoms with Gasteiger partial charge in [-0.2, -0.15) is 4.31 Å². The van der Waals surface area contributed by atoms with Crippen LogP contribution in [0.2, 0.25) is 0 Å². The van der Waals surface area contributed by atoms with Gasteiger partial charge in [-0.1, -0.05) is 45.7 Å². The van der Waals surface area contributed by atoms with Gasteiger partial charge in [-0.05, 0) is 48.7 Å². The van der Waals surface area contributed by atoms with Crippen molar-refractivity contribution >= 4 is 27.4 Å². The van der Waals surface area contributed by atoms with Gasteiger partial charge in [-0.3, -0.25) is 0 Å². The molecule has 0 unspecified atom stereocenters. The Morgan fingerprint density at radius 3 is 2.35 bits per heavy atom. The zero-order valence-corrected chi connectivity index (χ0v) is 17.6. The number of nitrogens with zero attached hydrogens (tertiary/aromatic N) is 1. The first-order valence-corrected chi connectivity index (χ1v) is 11.4. The minimum Gasteiger partial charge on any atom is -0.360 e. The third kappa shape index (κ3) is 5.41. The molecule has 1 aliphatic carbocycles. The van der Waals surface area contributed by atoms with Crippen LogP contribution in [-0.2, 0) is 16.6 Å². The Kier molecular flexibility index (Phi) is 7.85. The average molecular weight is 398 g/mol. The lowest BCUT2D eigenvalue weighted by atomic mass is 9.86. The number of hydrogen-bond donors (Lipinski definition) is 2. The Morgan fingerprint density at radius 1 is 1.15 bits per heavy atom. The minimum atomic E-state index is -3.40. The third-order valence-corrected chi connectivity index (χ3v) is 7.47. The second-order valence-corrected chi connectivity index (χ2v) is 9.27. The fraction of sp³-hybridized carbons (Fsp3) is 0.632. The molecule has 0 amide bonds. The second kappa shape index (κ2) is 9.67. The molecule has 2 rings (SSSR count). The van der Waals surface area contributed by atoms with Crippen molar-refractivity contribution in [2.45, 2.75) is 63.9 Å². The van der Waals surface area contributed by atoms with Crippen LogP contribution in [0.25, 0.3) is 0 Å². The van der Waals surface area contributed by atoms with Crippen LogP contribution in [0.4, 0.5) is 0 Å². The molecule has 1 aromatic rings. The number of nitrogens with one attached hydrogen (secondary N) is 2. The van der Waals surface area contributed by atoms with Gasteiger partial charge in [0, 0.05) is 25.7 Å². The molecule has 26 heavy (non-hydrogen) atoms. The molecule has 5 nitrogen and oxygen atoms in total. The fourth-order valence-corrected chi connectivity index (χ4v) is 5.11. The van der Waals surface area contributed by atoms with Gasteiger partial charge < -0.3 is 10.6 Å². The van der Waals surface area contributed by atoms with E-state index in [9.17, 15) is 8.42 Å². The predicted molar refractivity (Wildman–Crippen MR) is 111 cm³/mol. The van der Waals surface area contributed by atoms with Crippen molar-refractivity contribution in [3.8, 4) is 0 Å². The van der Waals surface area contributed by atoms with Crippen LogP contribution in [0.15, 0.2) is 29.2 Å². The van der Waals surface area contributed by atoms with Crippen molar-refractivity contribution < 1.29 is 8.42 Å². The molecule has 0 aliphatic heterocycles. The van der Waals surface area contributed by atoms with Crippen LogP contribution < -0.4 is 10.6 Å². The van der Waals surface area contributed by atoms with E-state index >= 15 is 0 Å². The van der Waals surface area contributed by atoms with E-state index in [1.807, 2.05) is 26.0 Å². The predicted octanol–water partition coefficient (Wildman–Crippen LogP) is 3.26. The highest BCUT2D eigenvalue weighted by Crippen LogP contribution is 2.23. The monoisotopic (exact) mass is 397 g/mol. The van der Waals surface area contributed by atoms with E-state index in [0.29, 0.717) is 41.6 Å². The first kappa shape index (κ1) is 21.1. The summed E-state index contributed by atoms with van der Waals surface area (Å²) in [7, 11) is -3.40. The minimum absolute atomic E-state index is 0.335. The van der Waals surface area contributed by atoms with Gasteiger partial charge in [0.05, 0.1) is 4.90 Å². The molecule has 2 atom stereocenters. The molecule has 0 heterocycles. The van der Waals surface area contributed by atoms with Crippen LogP contribution in [0, 0.1) is 5.92 Å². The SMILES string of the molecule is CCN(CC)S(=O)(=O)c1ccc(CNC(=S)N[C@@H]2CCCC[C@@H]2C)cc1. The normalized spacial score (nSPS) is 20.8. The van der Waals surface area contributed by atoms with E-state index in [2.05, 4.69) is 17.6 Å². The zero-order chi connectivity index (χ0) is 19.2. The molecule has 0 radical (unpaired) electrons. The lowest BCUT2D eigenvalue weighted by molar-refractivity contribution is 0.308. The van der Waals surface area contributed by atoms with E-state index in [-0.39, 0.29) is 0 Å². The first-order valence-electron chi connectivity index (χ1n) is 9.52. The van der Waals surface area contributed by atoms with Gasteiger partial charge in [-0.25, -0.2) is 8.42 Å². The molecule has 1 fully saturated rings. The summed E-state index contributed by atoms with van der Waals surface area (Å²) in [5.41, 5.74) is 1.00. The Balaban J connectivity index is 1.90. The molecule has 1 aromatic carbocycles. The summed E-state index contributed by atoms with van der Waals surface area (Å²) >= 11 is 5.41. The first-order chi connectivity index (χ1) is 12.4. The molecular weight excluding hydrogens is 366 g/mol. The molecule has 2 N–H and O–H groups in total. The Bertz CT molecular complexity index is 685. The lowest BCUT2D eigenvalue weighted by Gasteiger charge is -2.30. The van der Waals surface area contributed by atoms with E-state index in [0.717, 1.165) is 5.56 Å². The number of sulfonamides is 1. The Labute approximate surface area is 163 Å². The summed E-state index contributed by atoms with van der Waals surface area (Å²) in [6.45, 7) is 7.50. The fourth-order valence-electron chi connectivity index (χ4n) is 3.42. The van der Waals surface area contributed by atoms with Crippen LogP contribution in [0.1, 0.15) is 52.0 Å². The number of thiocarbonyl (C=S) groups is 1. The maximum absolute atomic E-state index is 12.5. The molecule has 146 valence electrons. The standard InChI is InChI=1S/C19H31N3O2S2/c1-4-22(5-2)26(23,24)17-12-10-16(11-13-17)14-20-19(25)21-18-9-7-6-8-15(18)3/h10-13,15,18H,4-9,14H2,1-3H3,(H2,20,21,25)/t15-,18+/m0/s1.